The fourth-order valence-corrected chi connectivity index (χ4v) is 31.9. The summed E-state index contributed by atoms with van der Waals surface area (Å²) in [6.07, 6.45) is 0. The molecule has 0 N–H and O–H groups in total. The minimum atomic E-state index is -1.79. The molecule has 0 aromatic heterocycles. The van der Waals surface area contributed by atoms with Gasteiger partial charge in [0.1, 0.15) is 0 Å². The second kappa shape index (κ2) is 11.9. The third-order valence-corrected chi connectivity index (χ3v) is 41.3. The Morgan fingerprint density at radius 3 is 1.05 bits per heavy atom. The summed E-state index contributed by atoms with van der Waals surface area (Å²) < 4.78 is 3.02. The quantitative estimate of drug-likeness (QED) is 0.324. The molecule has 6 heteroatoms. The molecule has 0 amide bonds. The Morgan fingerprint density at radius 2 is 0.850 bits per heavy atom. The van der Waals surface area contributed by atoms with Crippen molar-refractivity contribution in [3.05, 3.63) is 72.2 Å². The predicted molar refractivity (Wildman–Crippen MR) is 108 cm³/mol. The van der Waals surface area contributed by atoms with Crippen LogP contribution in [-0.2, 0) is 0 Å². The van der Waals surface area contributed by atoms with Crippen LogP contribution in [0.15, 0.2) is 72.2 Å². The summed E-state index contributed by atoms with van der Waals surface area (Å²) in [6, 6.07) is 9.26. The first kappa shape index (κ1) is 19.4. The second-order valence-corrected chi connectivity index (χ2v) is 40.0. The molecule has 0 unspecified atom stereocenters. The van der Waals surface area contributed by atoms with Crippen molar-refractivity contribution in [2.45, 2.75) is 0 Å². The molecular formula is C14H16Bi2S4. The molecule has 1 aromatic rings. The average Bonchev–Trinajstić information content (AvgIpc) is 2.47. The van der Waals surface area contributed by atoms with E-state index in [1.165, 1.54) is 6.54 Å². The van der Waals surface area contributed by atoms with E-state index in [0.29, 0.717) is 0 Å². The summed E-state index contributed by atoms with van der Waals surface area (Å²) in [5, 5.41) is 7.91. The average molecular weight is 731 g/mol. The molecule has 20 heavy (non-hydrogen) atoms. The molecule has 1 aromatic carbocycles. The Hall–Kier alpha value is 1.35. The Kier molecular flexibility index (Phi) is 11.5. The zero-order chi connectivity index (χ0) is 14.8. The summed E-state index contributed by atoms with van der Waals surface area (Å²) in [4.78, 5) is 0. The van der Waals surface area contributed by atoms with Crippen molar-refractivity contribution in [1.82, 2.24) is 0 Å². The summed E-state index contributed by atoms with van der Waals surface area (Å²) in [5.74, 6) is 0. The standard InChI is InChI=1S/C6H4.4C2H4S.2Bi/c1-2-4-6-5-3-1;4*1-2-3;;/h1-2,5-6H;4*2-3H,1H2;;/q;;;;;2*+2/p-4. The van der Waals surface area contributed by atoms with E-state index >= 15 is 0 Å². The van der Waals surface area contributed by atoms with Gasteiger partial charge in [-0.2, -0.15) is 0 Å². The molecule has 0 spiro atoms. The van der Waals surface area contributed by atoms with Gasteiger partial charge in [-0.25, -0.2) is 0 Å². The van der Waals surface area contributed by atoms with Gasteiger partial charge in [0.2, 0.25) is 0 Å². The van der Waals surface area contributed by atoms with Gasteiger partial charge in [-0.3, -0.25) is 0 Å². The normalized spacial score (nSPS) is 10.5. The predicted octanol–water partition coefficient (Wildman–Crippen LogP) is 4.58. The number of benzene rings is 1. The van der Waals surface area contributed by atoms with Crippen molar-refractivity contribution in [1.29, 1.82) is 0 Å². The van der Waals surface area contributed by atoms with Crippen molar-refractivity contribution >= 4 is 78.3 Å². The molecule has 0 fully saturated rings. The van der Waals surface area contributed by atoms with Gasteiger partial charge in [-0.1, -0.05) is 0 Å². The van der Waals surface area contributed by atoms with E-state index in [4.69, 9.17) is 0 Å². The van der Waals surface area contributed by atoms with Gasteiger partial charge in [0.15, 0.2) is 0 Å². The minimum absolute atomic E-state index is 1.51. The molecule has 0 nitrogen and oxygen atoms in total. The van der Waals surface area contributed by atoms with Crippen molar-refractivity contribution in [3.63, 3.8) is 0 Å². The molecule has 1 rings (SSSR count). The van der Waals surface area contributed by atoms with Gasteiger partial charge in [-0.05, 0) is 0 Å². The van der Waals surface area contributed by atoms with Crippen LogP contribution in [0.5, 0.6) is 0 Å². The topological polar surface area (TPSA) is 0 Å². The molecular weight excluding hydrogens is 714 g/mol. The first-order valence-electron chi connectivity index (χ1n) is 5.57. The number of hydrogen-bond donors (Lipinski definition) is 0. The first-order valence-corrected chi connectivity index (χ1v) is 29.4. The van der Waals surface area contributed by atoms with Crippen LogP contribution in [0, 0.1) is 0 Å². The Bertz CT molecular complexity index is 396. The van der Waals surface area contributed by atoms with E-state index in [2.05, 4.69) is 50.6 Å². The van der Waals surface area contributed by atoms with Crippen molar-refractivity contribution in [2.75, 3.05) is 0 Å². The molecule has 0 saturated carbocycles. The maximum atomic E-state index is 3.85. The fourth-order valence-electron chi connectivity index (χ4n) is 1.26. The summed E-state index contributed by atoms with van der Waals surface area (Å²) in [6.45, 7) is 15.4. The summed E-state index contributed by atoms with van der Waals surface area (Å²) in [7, 11) is 7.69. The molecule has 0 aliphatic heterocycles. The van der Waals surface area contributed by atoms with Crippen LogP contribution in [-0.4, -0.2) is 37.6 Å². The molecule has 0 atom stereocenters. The van der Waals surface area contributed by atoms with Gasteiger partial charge in [-0.15, -0.1) is 0 Å². The molecule has 0 heterocycles. The van der Waals surface area contributed by atoms with Crippen LogP contribution in [0.2, 0.25) is 0 Å². The Balaban J connectivity index is 2.89. The summed E-state index contributed by atoms with van der Waals surface area (Å²) >= 11 is -3.57. The zero-order valence-electron chi connectivity index (χ0n) is 11.0. The van der Waals surface area contributed by atoms with E-state index in [1.807, 2.05) is 55.7 Å². The van der Waals surface area contributed by atoms with Gasteiger partial charge >= 0.3 is 150 Å². The molecule has 0 radical (unpaired) electrons. The molecule has 0 aliphatic carbocycles. The van der Waals surface area contributed by atoms with E-state index in [1.54, 1.807) is 0 Å². The molecule has 106 valence electrons. The Morgan fingerprint density at radius 1 is 0.600 bits per heavy atom. The van der Waals surface area contributed by atoms with Crippen LogP contribution in [0.25, 0.3) is 0 Å². The zero-order valence-corrected chi connectivity index (χ0v) is 21.2. The third kappa shape index (κ3) is 6.63. The SMILES string of the molecule is C=C[S][Bi]([S]C=C)[c]1cc[c]([Bi]([S]C=C)[S]C=C)cc1. The van der Waals surface area contributed by atoms with Crippen molar-refractivity contribution in [2.24, 2.45) is 0 Å². The van der Waals surface area contributed by atoms with E-state index in [9.17, 15) is 0 Å². The van der Waals surface area contributed by atoms with E-state index in [-0.39, 0.29) is 0 Å². The monoisotopic (exact) mass is 730 g/mol. The Labute approximate surface area is 148 Å². The molecule has 0 bridgehead atoms. The first-order chi connectivity index (χ1) is 9.76. The molecule has 0 saturated heterocycles. The van der Waals surface area contributed by atoms with Gasteiger partial charge in [0.05, 0.1) is 0 Å². The second-order valence-electron chi connectivity index (χ2n) is 3.12. The molecule has 0 aliphatic rings. The van der Waals surface area contributed by atoms with Gasteiger partial charge in [0.25, 0.3) is 0 Å². The van der Waals surface area contributed by atoms with Crippen LogP contribution in [0.3, 0.4) is 0 Å². The van der Waals surface area contributed by atoms with Crippen LogP contribution in [0.4, 0.5) is 0 Å². The van der Waals surface area contributed by atoms with Crippen LogP contribution >= 0.6 is 34.1 Å². The summed E-state index contributed by atoms with van der Waals surface area (Å²) in [5.41, 5.74) is 0. The number of rotatable bonds is 10. The van der Waals surface area contributed by atoms with Crippen LogP contribution < -0.4 is 6.54 Å². The van der Waals surface area contributed by atoms with E-state index in [0.717, 1.165) is 0 Å². The van der Waals surface area contributed by atoms with E-state index < -0.39 is 37.6 Å². The van der Waals surface area contributed by atoms with Crippen molar-refractivity contribution < 1.29 is 0 Å². The van der Waals surface area contributed by atoms with Gasteiger partial charge in [0, 0.05) is 0 Å². The van der Waals surface area contributed by atoms with Crippen molar-refractivity contribution in [3.8, 4) is 0 Å². The fraction of sp³-hybridized carbons (Fsp3) is 0. The van der Waals surface area contributed by atoms with Gasteiger partial charge < -0.3 is 0 Å². The number of hydrogen-bond acceptors (Lipinski definition) is 4. The van der Waals surface area contributed by atoms with Crippen LogP contribution in [0.1, 0.15) is 0 Å². The maximum absolute atomic E-state index is 3.85. The third-order valence-electron chi connectivity index (χ3n) is 1.95.